The number of amides is 1. The molecule has 2 aromatic rings. The summed E-state index contributed by atoms with van der Waals surface area (Å²) in [4.78, 5) is 27.4. The quantitative estimate of drug-likeness (QED) is 0.425. The van der Waals surface area contributed by atoms with Gasteiger partial charge in [0.15, 0.2) is 0 Å². The van der Waals surface area contributed by atoms with Gasteiger partial charge in [0, 0.05) is 36.3 Å². The van der Waals surface area contributed by atoms with E-state index in [0.717, 1.165) is 5.56 Å². The molecule has 2 atom stereocenters. The van der Waals surface area contributed by atoms with Crippen molar-refractivity contribution >= 4 is 23.7 Å². The van der Waals surface area contributed by atoms with Crippen LogP contribution >= 0.6 is 11.6 Å². The standard InChI is InChI=1S/C28H36ClFN2O5/c1-5-36-26(34)20(15-32-16-23(33)17-32)13-22(31-27(35)37-28(2,3)4)12-18-6-8-19(9-7-18)24-14-21(29)10-11-25(24)30/h6-11,14,20,22-23,33H,5,12-13,15-17H2,1-4H3,(H,31,35). The van der Waals surface area contributed by atoms with Crippen molar-refractivity contribution < 1.29 is 28.6 Å². The van der Waals surface area contributed by atoms with Gasteiger partial charge in [0.05, 0.1) is 18.6 Å². The van der Waals surface area contributed by atoms with Crippen molar-refractivity contribution in [3.05, 3.63) is 58.9 Å². The molecule has 202 valence electrons. The van der Waals surface area contributed by atoms with Crippen LogP contribution < -0.4 is 5.32 Å². The molecule has 2 unspecified atom stereocenters. The third-order valence-electron chi connectivity index (χ3n) is 6.00. The van der Waals surface area contributed by atoms with Crippen molar-refractivity contribution in [3.63, 3.8) is 0 Å². The Labute approximate surface area is 222 Å². The zero-order chi connectivity index (χ0) is 27.2. The van der Waals surface area contributed by atoms with Gasteiger partial charge in [-0.3, -0.25) is 9.69 Å². The molecule has 1 aliphatic heterocycles. The minimum Gasteiger partial charge on any atom is -0.466 e. The van der Waals surface area contributed by atoms with Gasteiger partial charge < -0.3 is 19.9 Å². The van der Waals surface area contributed by atoms with Crippen LogP contribution in [0.15, 0.2) is 42.5 Å². The lowest BCUT2D eigenvalue weighted by atomic mass is 9.92. The fourth-order valence-corrected chi connectivity index (χ4v) is 4.52. The first kappa shape index (κ1) is 28.9. The van der Waals surface area contributed by atoms with E-state index in [-0.39, 0.29) is 24.5 Å². The average Bonchev–Trinajstić information content (AvgIpc) is 2.78. The SMILES string of the molecule is CCOC(=O)C(CC(Cc1ccc(-c2cc(Cl)ccc2F)cc1)NC(=O)OC(C)(C)C)CN1CC(O)C1. The maximum absolute atomic E-state index is 14.3. The molecular formula is C28H36ClFN2O5. The van der Waals surface area contributed by atoms with Crippen LogP contribution in [0.4, 0.5) is 9.18 Å². The summed E-state index contributed by atoms with van der Waals surface area (Å²) in [5, 5.41) is 13.0. The number of carbonyl (C=O) groups excluding carboxylic acids is 2. The third kappa shape index (κ3) is 8.98. The Morgan fingerprint density at radius 1 is 1.19 bits per heavy atom. The van der Waals surface area contributed by atoms with Crippen LogP contribution in [0.3, 0.4) is 0 Å². The highest BCUT2D eigenvalue weighted by Gasteiger charge is 2.33. The van der Waals surface area contributed by atoms with E-state index in [1.165, 1.54) is 12.1 Å². The number of aliphatic hydroxyl groups is 1. The fraction of sp³-hybridized carbons (Fsp3) is 0.500. The highest BCUT2D eigenvalue weighted by molar-refractivity contribution is 6.30. The van der Waals surface area contributed by atoms with Gasteiger partial charge in [-0.15, -0.1) is 0 Å². The average molecular weight is 535 g/mol. The molecular weight excluding hydrogens is 499 g/mol. The zero-order valence-electron chi connectivity index (χ0n) is 21.8. The number of hydrogen-bond donors (Lipinski definition) is 2. The molecule has 3 rings (SSSR count). The van der Waals surface area contributed by atoms with Crippen LogP contribution in [0, 0.1) is 11.7 Å². The number of alkyl carbamates (subject to hydrolysis) is 1. The molecule has 2 N–H and O–H groups in total. The molecule has 37 heavy (non-hydrogen) atoms. The number of rotatable bonds is 10. The number of hydrogen-bond acceptors (Lipinski definition) is 6. The largest absolute Gasteiger partial charge is 0.466 e. The van der Waals surface area contributed by atoms with Crippen LogP contribution in [-0.4, -0.2) is 66.1 Å². The van der Waals surface area contributed by atoms with Gasteiger partial charge in [0.25, 0.3) is 0 Å². The van der Waals surface area contributed by atoms with Gasteiger partial charge in [-0.1, -0.05) is 35.9 Å². The van der Waals surface area contributed by atoms with E-state index in [9.17, 15) is 19.1 Å². The molecule has 7 nitrogen and oxygen atoms in total. The van der Waals surface area contributed by atoms with E-state index >= 15 is 0 Å². The zero-order valence-corrected chi connectivity index (χ0v) is 22.6. The third-order valence-corrected chi connectivity index (χ3v) is 6.24. The highest BCUT2D eigenvalue weighted by atomic mass is 35.5. The number of benzene rings is 2. The first-order chi connectivity index (χ1) is 17.4. The van der Waals surface area contributed by atoms with Gasteiger partial charge >= 0.3 is 12.1 Å². The monoisotopic (exact) mass is 534 g/mol. The van der Waals surface area contributed by atoms with Gasteiger partial charge in [0.2, 0.25) is 0 Å². The summed E-state index contributed by atoms with van der Waals surface area (Å²) in [6.45, 7) is 8.79. The first-order valence-corrected chi connectivity index (χ1v) is 12.9. The van der Waals surface area contributed by atoms with E-state index in [1.54, 1.807) is 45.9 Å². The van der Waals surface area contributed by atoms with Crippen molar-refractivity contribution in [1.82, 2.24) is 10.2 Å². The van der Waals surface area contributed by atoms with Gasteiger partial charge in [0.1, 0.15) is 11.4 Å². The lowest BCUT2D eigenvalue weighted by Gasteiger charge is -2.38. The van der Waals surface area contributed by atoms with Crippen LogP contribution in [0.2, 0.25) is 5.02 Å². The summed E-state index contributed by atoms with van der Waals surface area (Å²) < 4.78 is 25.1. The van der Waals surface area contributed by atoms with Crippen LogP contribution in [0.5, 0.6) is 0 Å². The molecule has 2 aromatic carbocycles. The molecule has 1 fully saturated rings. The molecule has 0 aliphatic carbocycles. The normalized spacial score (nSPS) is 16.0. The number of β-amino-alcohol motifs (C(OH)–C–C–N with tert-alkyl or cyclic N) is 1. The van der Waals surface area contributed by atoms with Crippen molar-refractivity contribution in [2.24, 2.45) is 5.92 Å². The smallest absolute Gasteiger partial charge is 0.407 e. The lowest BCUT2D eigenvalue weighted by Crippen LogP contribution is -2.53. The Morgan fingerprint density at radius 3 is 2.46 bits per heavy atom. The molecule has 0 aromatic heterocycles. The van der Waals surface area contributed by atoms with Crippen LogP contribution in [-0.2, 0) is 20.7 Å². The van der Waals surface area contributed by atoms with Gasteiger partial charge in [-0.05, 0) is 69.9 Å². The van der Waals surface area contributed by atoms with Gasteiger partial charge in [-0.2, -0.15) is 0 Å². The maximum Gasteiger partial charge on any atom is 0.407 e. The molecule has 0 spiro atoms. The number of esters is 1. The molecule has 0 radical (unpaired) electrons. The second-order valence-electron chi connectivity index (χ2n) is 10.4. The predicted octanol–water partition coefficient (Wildman–Crippen LogP) is 4.83. The Morgan fingerprint density at radius 2 is 1.86 bits per heavy atom. The lowest BCUT2D eigenvalue weighted by molar-refractivity contribution is -0.150. The Bertz CT molecular complexity index is 1070. The Balaban J connectivity index is 1.78. The molecule has 0 bridgehead atoms. The van der Waals surface area contributed by atoms with Crippen LogP contribution in [0.1, 0.15) is 39.7 Å². The summed E-state index contributed by atoms with van der Waals surface area (Å²) in [7, 11) is 0. The Hall–Kier alpha value is -2.68. The summed E-state index contributed by atoms with van der Waals surface area (Å²) in [5.74, 6) is -1.20. The number of nitrogens with zero attached hydrogens (tertiary/aromatic N) is 1. The highest BCUT2D eigenvalue weighted by Crippen LogP contribution is 2.27. The molecule has 1 heterocycles. The molecule has 1 aliphatic rings. The summed E-state index contributed by atoms with van der Waals surface area (Å²) in [5.41, 5.74) is 1.31. The topological polar surface area (TPSA) is 88.1 Å². The van der Waals surface area contributed by atoms with E-state index < -0.39 is 23.7 Å². The van der Waals surface area contributed by atoms with E-state index in [0.29, 0.717) is 48.6 Å². The van der Waals surface area contributed by atoms with E-state index in [2.05, 4.69) is 5.32 Å². The number of carbonyl (C=O) groups is 2. The minimum absolute atomic E-state index is 0.254. The number of likely N-dealkylation sites (tertiary alicyclic amines) is 1. The maximum atomic E-state index is 14.3. The van der Waals surface area contributed by atoms with Gasteiger partial charge in [-0.25, -0.2) is 9.18 Å². The van der Waals surface area contributed by atoms with Crippen molar-refractivity contribution in [2.75, 3.05) is 26.2 Å². The number of nitrogens with one attached hydrogen (secondary N) is 1. The first-order valence-electron chi connectivity index (χ1n) is 12.5. The fourth-order valence-electron chi connectivity index (χ4n) is 4.34. The Kier molecular flexibility index (Phi) is 9.93. The summed E-state index contributed by atoms with van der Waals surface area (Å²) in [6, 6.07) is 11.3. The predicted molar refractivity (Wildman–Crippen MR) is 141 cm³/mol. The van der Waals surface area contributed by atoms with Crippen LogP contribution in [0.25, 0.3) is 11.1 Å². The summed E-state index contributed by atoms with van der Waals surface area (Å²) in [6.07, 6.45) is -0.204. The van der Waals surface area contributed by atoms with E-state index in [1.807, 2.05) is 17.0 Å². The molecule has 1 amide bonds. The second-order valence-corrected chi connectivity index (χ2v) is 10.9. The van der Waals surface area contributed by atoms with E-state index in [4.69, 9.17) is 21.1 Å². The summed E-state index contributed by atoms with van der Waals surface area (Å²) >= 11 is 6.04. The molecule has 1 saturated heterocycles. The van der Waals surface area contributed by atoms with Crippen molar-refractivity contribution in [2.45, 2.75) is 58.3 Å². The van der Waals surface area contributed by atoms with Crippen molar-refractivity contribution in [3.8, 4) is 11.1 Å². The molecule has 0 saturated carbocycles. The number of aliphatic hydroxyl groups excluding tert-OH is 1. The second kappa shape index (κ2) is 12.7. The van der Waals surface area contributed by atoms with Crippen molar-refractivity contribution in [1.29, 1.82) is 0 Å². The number of ether oxygens (including phenoxy) is 2. The molecule has 9 heteroatoms. The number of halogens is 2. The minimum atomic E-state index is -0.675.